The van der Waals surface area contributed by atoms with Crippen LogP contribution in [0.15, 0.2) is 65.6 Å². The standard InChI is InChI=1S/C33H29ClF3N3O6S2/c34-26-19-22(4-7-25(26)33(35,36)37)24-17-20(1-8-27(24)46-16-13-39-11-14-45-15-12-39)18-28-30(42)40(32(47)48-28)10-9-29(41)38-23-5-2-21(3-6-23)31(43)44/h1-8,17-19H,9-16H2,(H,38,41)(H,43,44). The molecule has 0 radical (unpaired) electrons. The van der Waals surface area contributed by atoms with Crippen molar-refractivity contribution in [3.05, 3.63) is 87.3 Å². The Balaban J connectivity index is 1.31. The van der Waals surface area contributed by atoms with Crippen molar-refractivity contribution in [3.8, 4) is 16.9 Å². The number of thiocarbonyl (C=S) groups is 1. The van der Waals surface area contributed by atoms with Crippen molar-refractivity contribution in [1.29, 1.82) is 0 Å². The second kappa shape index (κ2) is 15.5. The fourth-order valence-electron chi connectivity index (χ4n) is 4.99. The molecule has 0 aliphatic carbocycles. The molecule has 2 fully saturated rings. The first-order chi connectivity index (χ1) is 22.9. The molecule has 3 aromatic rings. The molecule has 2 saturated heterocycles. The average molecular weight is 720 g/mol. The number of amides is 2. The minimum atomic E-state index is -4.61. The number of thioether (sulfide) groups is 1. The molecule has 252 valence electrons. The van der Waals surface area contributed by atoms with Gasteiger partial charge in [0.05, 0.1) is 34.3 Å². The van der Waals surface area contributed by atoms with Crippen molar-refractivity contribution >= 4 is 69.4 Å². The first kappa shape index (κ1) is 35.4. The molecule has 0 aromatic heterocycles. The number of halogens is 4. The van der Waals surface area contributed by atoms with Gasteiger partial charge in [0.1, 0.15) is 16.7 Å². The molecule has 2 aliphatic heterocycles. The summed E-state index contributed by atoms with van der Waals surface area (Å²) in [6.45, 7) is 3.80. The summed E-state index contributed by atoms with van der Waals surface area (Å²) in [5.41, 5.74) is 1.01. The van der Waals surface area contributed by atoms with E-state index in [-0.39, 0.29) is 28.8 Å². The van der Waals surface area contributed by atoms with E-state index < -0.39 is 28.6 Å². The summed E-state index contributed by atoms with van der Waals surface area (Å²) in [6, 6.07) is 14.3. The molecular formula is C33H29ClF3N3O6S2. The summed E-state index contributed by atoms with van der Waals surface area (Å²) in [5, 5.41) is 11.2. The van der Waals surface area contributed by atoms with Gasteiger partial charge >= 0.3 is 12.1 Å². The number of nitrogens with one attached hydrogen (secondary N) is 1. The van der Waals surface area contributed by atoms with Gasteiger partial charge in [-0.1, -0.05) is 47.7 Å². The van der Waals surface area contributed by atoms with E-state index in [2.05, 4.69) is 10.2 Å². The van der Waals surface area contributed by atoms with Gasteiger partial charge < -0.3 is 19.9 Å². The van der Waals surface area contributed by atoms with E-state index in [4.69, 9.17) is 38.4 Å². The van der Waals surface area contributed by atoms with E-state index in [1.807, 2.05) is 0 Å². The van der Waals surface area contributed by atoms with Crippen LogP contribution in [0, 0.1) is 0 Å². The number of carbonyl (C=O) groups excluding carboxylic acids is 2. The zero-order valence-electron chi connectivity index (χ0n) is 25.2. The topological polar surface area (TPSA) is 108 Å². The number of aromatic carboxylic acids is 1. The highest BCUT2D eigenvalue weighted by Crippen LogP contribution is 2.40. The number of anilines is 1. The lowest BCUT2D eigenvalue weighted by molar-refractivity contribution is -0.137. The highest BCUT2D eigenvalue weighted by molar-refractivity contribution is 8.26. The number of benzene rings is 3. The minimum Gasteiger partial charge on any atom is -0.492 e. The van der Waals surface area contributed by atoms with Crippen LogP contribution in [0.2, 0.25) is 5.02 Å². The second-order valence-corrected chi connectivity index (χ2v) is 12.8. The highest BCUT2D eigenvalue weighted by atomic mass is 35.5. The molecule has 15 heteroatoms. The zero-order valence-corrected chi connectivity index (χ0v) is 27.6. The van der Waals surface area contributed by atoms with Crippen molar-refractivity contribution < 1.29 is 42.1 Å². The maximum Gasteiger partial charge on any atom is 0.417 e. The third-order valence-electron chi connectivity index (χ3n) is 7.51. The van der Waals surface area contributed by atoms with Gasteiger partial charge in [-0.25, -0.2) is 4.79 Å². The van der Waals surface area contributed by atoms with Crippen LogP contribution >= 0.6 is 35.6 Å². The number of carboxylic acid groups (broad SMARTS) is 1. The molecule has 0 atom stereocenters. The molecule has 0 unspecified atom stereocenters. The summed E-state index contributed by atoms with van der Waals surface area (Å²) < 4.78 is 52.0. The Bertz CT molecular complexity index is 1750. The second-order valence-electron chi connectivity index (χ2n) is 10.8. The van der Waals surface area contributed by atoms with Crippen LogP contribution in [0.3, 0.4) is 0 Å². The lowest BCUT2D eigenvalue weighted by Crippen LogP contribution is -2.38. The summed E-state index contributed by atoms with van der Waals surface area (Å²) in [4.78, 5) is 40.7. The lowest BCUT2D eigenvalue weighted by atomic mass is 10.00. The Morgan fingerprint density at radius 1 is 1.06 bits per heavy atom. The van der Waals surface area contributed by atoms with Gasteiger partial charge in [0.25, 0.3) is 5.91 Å². The van der Waals surface area contributed by atoms with Crippen molar-refractivity contribution in [2.75, 3.05) is 51.3 Å². The molecule has 9 nitrogen and oxygen atoms in total. The van der Waals surface area contributed by atoms with Crippen LogP contribution in [-0.2, 0) is 20.5 Å². The first-order valence-electron chi connectivity index (χ1n) is 14.7. The SMILES string of the molecule is O=C(CCN1C(=O)C(=Cc2ccc(OCCN3CCOCC3)c(-c3ccc(C(F)(F)F)c(Cl)c3)c2)SC1=S)Nc1ccc(C(=O)O)cc1. The number of morpholine rings is 1. The summed E-state index contributed by atoms with van der Waals surface area (Å²) >= 11 is 12.5. The quantitative estimate of drug-likeness (QED) is 0.166. The van der Waals surface area contributed by atoms with Gasteiger partial charge in [0.2, 0.25) is 5.91 Å². The summed E-state index contributed by atoms with van der Waals surface area (Å²) in [6.07, 6.45) is -3.05. The smallest absolute Gasteiger partial charge is 0.417 e. The van der Waals surface area contributed by atoms with Crippen LogP contribution < -0.4 is 10.1 Å². The fraction of sp³-hybridized carbons (Fsp3) is 0.273. The van der Waals surface area contributed by atoms with Crippen LogP contribution in [0.25, 0.3) is 17.2 Å². The van der Waals surface area contributed by atoms with Crippen LogP contribution in [0.1, 0.15) is 27.9 Å². The van der Waals surface area contributed by atoms with E-state index in [1.165, 1.54) is 41.3 Å². The van der Waals surface area contributed by atoms with Crippen LogP contribution in [0.5, 0.6) is 5.75 Å². The van der Waals surface area contributed by atoms with E-state index in [0.717, 1.165) is 30.9 Å². The van der Waals surface area contributed by atoms with Gasteiger partial charge in [-0.2, -0.15) is 13.2 Å². The third-order valence-corrected chi connectivity index (χ3v) is 9.20. The van der Waals surface area contributed by atoms with Gasteiger partial charge in [0, 0.05) is 43.9 Å². The Hall–Kier alpha value is -3.95. The number of alkyl halides is 3. The summed E-state index contributed by atoms with van der Waals surface area (Å²) in [5.74, 6) is -1.43. The molecule has 2 N–H and O–H groups in total. The fourth-order valence-corrected chi connectivity index (χ4v) is 6.58. The number of carboxylic acids is 1. The molecule has 0 saturated carbocycles. The Labute approximate surface area is 288 Å². The van der Waals surface area contributed by atoms with Gasteiger partial charge in [-0.05, 0) is 65.7 Å². The van der Waals surface area contributed by atoms with E-state index in [9.17, 15) is 27.6 Å². The van der Waals surface area contributed by atoms with Crippen molar-refractivity contribution in [3.63, 3.8) is 0 Å². The molecule has 0 bridgehead atoms. The monoisotopic (exact) mass is 719 g/mol. The molecule has 48 heavy (non-hydrogen) atoms. The highest BCUT2D eigenvalue weighted by Gasteiger charge is 2.34. The average Bonchev–Trinajstić information content (AvgIpc) is 3.31. The maximum atomic E-state index is 13.4. The third kappa shape index (κ3) is 8.94. The number of hydrogen-bond donors (Lipinski definition) is 2. The molecule has 2 aliphatic rings. The Morgan fingerprint density at radius 3 is 2.46 bits per heavy atom. The van der Waals surface area contributed by atoms with Gasteiger partial charge in [-0.3, -0.25) is 19.4 Å². The van der Waals surface area contributed by atoms with Gasteiger partial charge in [-0.15, -0.1) is 0 Å². The molecular weight excluding hydrogens is 691 g/mol. The molecule has 0 spiro atoms. The summed E-state index contributed by atoms with van der Waals surface area (Å²) in [7, 11) is 0. The number of ether oxygens (including phenoxy) is 2. The molecule has 2 heterocycles. The van der Waals surface area contributed by atoms with Gasteiger partial charge in [0.15, 0.2) is 0 Å². The Morgan fingerprint density at radius 2 is 1.79 bits per heavy atom. The number of hydrogen-bond acceptors (Lipinski definition) is 8. The number of carbonyl (C=O) groups is 3. The van der Waals surface area contributed by atoms with Crippen molar-refractivity contribution in [2.45, 2.75) is 12.6 Å². The lowest BCUT2D eigenvalue weighted by Gasteiger charge is -2.26. The van der Waals surface area contributed by atoms with Crippen LogP contribution in [0.4, 0.5) is 18.9 Å². The molecule has 5 rings (SSSR count). The Kier molecular flexibility index (Phi) is 11.4. The minimum absolute atomic E-state index is 0.0201. The van der Waals surface area contributed by atoms with E-state index >= 15 is 0 Å². The van der Waals surface area contributed by atoms with E-state index in [0.29, 0.717) is 59.4 Å². The van der Waals surface area contributed by atoms with Crippen LogP contribution in [-0.4, -0.2) is 83.0 Å². The normalized spacial score (nSPS) is 16.4. The molecule has 3 aromatic carbocycles. The molecule has 2 amide bonds. The zero-order chi connectivity index (χ0) is 34.4. The number of nitrogens with zero attached hydrogens (tertiary/aromatic N) is 2. The van der Waals surface area contributed by atoms with E-state index in [1.54, 1.807) is 24.3 Å². The predicted octanol–water partition coefficient (Wildman–Crippen LogP) is 6.67. The first-order valence-corrected chi connectivity index (χ1v) is 16.3. The van der Waals surface area contributed by atoms with Crippen molar-refractivity contribution in [1.82, 2.24) is 9.80 Å². The largest absolute Gasteiger partial charge is 0.492 e. The predicted molar refractivity (Wildman–Crippen MR) is 181 cm³/mol. The maximum absolute atomic E-state index is 13.4. The van der Waals surface area contributed by atoms with Crippen molar-refractivity contribution in [2.24, 2.45) is 0 Å². The number of rotatable bonds is 11.